The zero-order valence-corrected chi connectivity index (χ0v) is 9.79. The minimum Gasteiger partial charge on any atom is -0.444 e. The zero-order valence-electron chi connectivity index (χ0n) is 9.79. The van der Waals surface area contributed by atoms with E-state index >= 15 is 0 Å². The Morgan fingerprint density at radius 2 is 2.13 bits per heavy atom. The molecule has 0 unspecified atom stereocenters. The second-order valence-corrected chi connectivity index (χ2v) is 4.27. The maximum Gasteiger partial charge on any atom is 0.407 e. The molecule has 0 aliphatic rings. The van der Waals surface area contributed by atoms with Crippen molar-refractivity contribution in [3.8, 4) is 12.3 Å². The Kier molecular flexibility index (Phi) is 5.80. The maximum absolute atomic E-state index is 11.3. The van der Waals surface area contributed by atoms with Gasteiger partial charge in [-0.15, -0.1) is 6.42 Å². The van der Waals surface area contributed by atoms with Crippen molar-refractivity contribution in [2.45, 2.75) is 39.3 Å². The summed E-state index contributed by atoms with van der Waals surface area (Å²) < 4.78 is 10.1. The van der Waals surface area contributed by atoms with Crippen molar-refractivity contribution < 1.29 is 14.3 Å². The van der Waals surface area contributed by atoms with Crippen molar-refractivity contribution in [2.75, 3.05) is 13.2 Å². The van der Waals surface area contributed by atoms with E-state index < -0.39 is 11.7 Å². The topological polar surface area (TPSA) is 47.6 Å². The van der Waals surface area contributed by atoms with E-state index in [4.69, 9.17) is 15.9 Å². The number of hydrogen-bond donors (Lipinski definition) is 1. The standard InChI is InChI=1S/C11H19NO3/c1-6-7-14-8-9(2)12-10(13)15-11(3,4)5/h1,9H,7-8H2,2-5H3,(H,12,13)/t9-/m0/s1. The van der Waals surface area contributed by atoms with Gasteiger partial charge in [-0.05, 0) is 27.7 Å². The van der Waals surface area contributed by atoms with Crippen LogP contribution in [0.25, 0.3) is 0 Å². The number of hydrogen-bond acceptors (Lipinski definition) is 3. The first-order valence-electron chi connectivity index (χ1n) is 4.86. The summed E-state index contributed by atoms with van der Waals surface area (Å²) in [7, 11) is 0. The van der Waals surface area contributed by atoms with Crippen LogP contribution in [0.15, 0.2) is 0 Å². The van der Waals surface area contributed by atoms with Crippen LogP contribution in [0.2, 0.25) is 0 Å². The second-order valence-electron chi connectivity index (χ2n) is 4.27. The van der Waals surface area contributed by atoms with Gasteiger partial charge in [-0.2, -0.15) is 0 Å². The summed E-state index contributed by atoms with van der Waals surface area (Å²) in [6.45, 7) is 7.88. The fourth-order valence-corrected chi connectivity index (χ4v) is 0.845. The smallest absolute Gasteiger partial charge is 0.407 e. The minimum atomic E-state index is -0.483. The highest BCUT2D eigenvalue weighted by molar-refractivity contribution is 5.68. The van der Waals surface area contributed by atoms with E-state index in [9.17, 15) is 4.79 Å². The number of alkyl carbamates (subject to hydrolysis) is 1. The summed E-state index contributed by atoms with van der Waals surface area (Å²) in [5.74, 6) is 2.35. The largest absolute Gasteiger partial charge is 0.444 e. The molecule has 1 atom stereocenters. The molecule has 0 radical (unpaired) electrons. The van der Waals surface area contributed by atoms with Gasteiger partial charge in [0.25, 0.3) is 0 Å². The molecule has 0 fully saturated rings. The molecule has 0 rings (SSSR count). The molecule has 0 aromatic heterocycles. The molecule has 0 aliphatic heterocycles. The summed E-state index contributed by atoms with van der Waals surface area (Å²) in [6, 6.07) is -0.117. The number of carbonyl (C=O) groups excluding carboxylic acids is 1. The summed E-state index contributed by atoms with van der Waals surface area (Å²) in [6.07, 6.45) is 4.57. The van der Waals surface area contributed by atoms with Gasteiger partial charge in [0.05, 0.1) is 12.6 Å². The van der Waals surface area contributed by atoms with Crippen molar-refractivity contribution >= 4 is 6.09 Å². The lowest BCUT2D eigenvalue weighted by molar-refractivity contribution is 0.0468. The first-order valence-corrected chi connectivity index (χ1v) is 4.86. The van der Waals surface area contributed by atoms with Crippen molar-refractivity contribution in [1.29, 1.82) is 0 Å². The van der Waals surface area contributed by atoms with E-state index in [2.05, 4.69) is 11.2 Å². The molecule has 0 bridgehead atoms. The maximum atomic E-state index is 11.3. The highest BCUT2D eigenvalue weighted by Crippen LogP contribution is 2.06. The van der Waals surface area contributed by atoms with E-state index in [0.29, 0.717) is 6.61 Å². The molecule has 86 valence electrons. The van der Waals surface area contributed by atoms with Crippen molar-refractivity contribution in [2.24, 2.45) is 0 Å². The third kappa shape index (κ3) is 9.10. The normalized spacial score (nSPS) is 12.7. The van der Waals surface area contributed by atoms with Gasteiger partial charge in [-0.25, -0.2) is 4.79 Å². The summed E-state index contributed by atoms with van der Waals surface area (Å²) in [5, 5.41) is 2.64. The molecule has 0 aromatic carbocycles. The summed E-state index contributed by atoms with van der Waals surface area (Å²) in [4.78, 5) is 11.3. The fourth-order valence-electron chi connectivity index (χ4n) is 0.845. The molecule has 0 aliphatic carbocycles. The van der Waals surface area contributed by atoms with E-state index in [1.165, 1.54) is 0 Å². The van der Waals surface area contributed by atoms with Gasteiger partial charge in [0.2, 0.25) is 0 Å². The molecule has 0 spiro atoms. The Balaban J connectivity index is 3.73. The average Bonchev–Trinajstić information content (AvgIpc) is 2.00. The quantitative estimate of drug-likeness (QED) is 0.569. The van der Waals surface area contributed by atoms with Crippen molar-refractivity contribution in [1.82, 2.24) is 5.32 Å². The monoisotopic (exact) mass is 213 g/mol. The number of rotatable bonds is 4. The van der Waals surface area contributed by atoms with Gasteiger partial charge >= 0.3 is 6.09 Å². The lowest BCUT2D eigenvalue weighted by atomic mass is 10.2. The van der Waals surface area contributed by atoms with Crippen LogP contribution < -0.4 is 5.32 Å². The SMILES string of the molecule is C#CCOC[C@H](C)NC(=O)OC(C)(C)C. The number of ether oxygens (including phenoxy) is 2. The molecule has 0 saturated carbocycles. The van der Waals surface area contributed by atoms with Crippen LogP contribution in [0.4, 0.5) is 4.79 Å². The zero-order chi connectivity index (χ0) is 11.9. The molecular formula is C11H19NO3. The molecule has 4 nitrogen and oxygen atoms in total. The molecule has 1 N–H and O–H groups in total. The summed E-state index contributed by atoms with van der Waals surface area (Å²) >= 11 is 0. The third-order valence-corrected chi connectivity index (χ3v) is 1.32. The van der Waals surface area contributed by atoms with Crippen LogP contribution >= 0.6 is 0 Å². The third-order valence-electron chi connectivity index (χ3n) is 1.32. The molecular weight excluding hydrogens is 194 g/mol. The van der Waals surface area contributed by atoms with Crippen LogP contribution in [0, 0.1) is 12.3 Å². The number of amides is 1. The Morgan fingerprint density at radius 1 is 1.53 bits per heavy atom. The highest BCUT2D eigenvalue weighted by atomic mass is 16.6. The average molecular weight is 213 g/mol. The fraction of sp³-hybridized carbons (Fsp3) is 0.727. The first kappa shape index (κ1) is 13.8. The molecule has 4 heteroatoms. The molecule has 1 amide bonds. The molecule has 0 aromatic rings. The molecule has 15 heavy (non-hydrogen) atoms. The second kappa shape index (κ2) is 6.31. The van der Waals surface area contributed by atoms with Gasteiger partial charge in [0.1, 0.15) is 12.2 Å². The Labute approximate surface area is 91.3 Å². The van der Waals surface area contributed by atoms with Crippen LogP contribution in [0.5, 0.6) is 0 Å². The molecule has 0 heterocycles. The first-order chi connectivity index (χ1) is 6.85. The Morgan fingerprint density at radius 3 is 2.60 bits per heavy atom. The van der Waals surface area contributed by atoms with Crippen LogP contribution in [-0.2, 0) is 9.47 Å². The number of terminal acetylenes is 1. The number of nitrogens with one attached hydrogen (secondary N) is 1. The molecule has 0 saturated heterocycles. The minimum absolute atomic E-state index is 0.117. The predicted octanol–water partition coefficient (Wildman–Crippen LogP) is 1.55. The van der Waals surface area contributed by atoms with Gasteiger partial charge in [0, 0.05) is 0 Å². The Bertz CT molecular complexity index is 237. The van der Waals surface area contributed by atoms with E-state index in [0.717, 1.165) is 0 Å². The lowest BCUT2D eigenvalue weighted by Gasteiger charge is -2.21. The highest BCUT2D eigenvalue weighted by Gasteiger charge is 2.17. The predicted molar refractivity (Wildman–Crippen MR) is 58.5 cm³/mol. The lowest BCUT2D eigenvalue weighted by Crippen LogP contribution is -2.39. The van der Waals surface area contributed by atoms with Crippen molar-refractivity contribution in [3.63, 3.8) is 0 Å². The van der Waals surface area contributed by atoms with Crippen LogP contribution in [0.3, 0.4) is 0 Å². The summed E-state index contributed by atoms with van der Waals surface area (Å²) in [5.41, 5.74) is -0.483. The Hall–Kier alpha value is -1.21. The van der Waals surface area contributed by atoms with Crippen LogP contribution in [-0.4, -0.2) is 30.9 Å². The van der Waals surface area contributed by atoms with Crippen molar-refractivity contribution in [3.05, 3.63) is 0 Å². The van der Waals surface area contributed by atoms with Gasteiger partial charge < -0.3 is 14.8 Å². The van der Waals surface area contributed by atoms with Gasteiger partial charge in [0.15, 0.2) is 0 Å². The van der Waals surface area contributed by atoms with E-state index in [1.54, 1.807) is 0 Å². The van der Waals surface area contributed by atoms with Crippen LogP contribution in [0.1, 0.15) is 27.7 Å². The number of carbonyl (C=O) groups is 1. The van der Waals surface area contributed by atoms with E-state index in [-0.39, 0.29) is 12.6 Å². The van der Waals surface area contributed by atoms with E-state index in [1.807, 2.05) is 27.7 Å². The van der Waals surface area contributed by atoms with Gasteiger partial charge in [-0.1, -0.05) is 5.92 Å². The van der Waals surface area contributed by atoms with Gasteiger partial charge in [-0.3, -0.25) is 0 Å².